The molecule has 1 atom stereocenters. The van der Waals surface area contributed by atoms with Crippen LogP contribution in [0, 0.1) is 25.2 Å². The molecule has 0 aliphatic rings. The van der Waals surface area contributed by atoms with E-state index in [9.17, 15) is 4.79 Å². The molecule has 0 fully saturated rings. The zero-order valence-electron chi connectivity index (χ0n) is 14.0. The Morgan fingerprint density at radius 2 is 2.00 bits per heavy atom. The third-order valence-corrected chi connectivity index (χ3v) is 4.16. The molecule has 5 heteroatoms. The van der Waals surface area contributed by atoms with E-state index in [1.165, 1.54) is 0 Å². The Kier molecular flexibility index (Phi) is 5.17. The van der Waals surface area contributed by atoms with Crippen molar-refractivity contribution in [3.05, 3.63) is 52.4 Å². The number of aryl methyl sites for hydroxylation is 2. The molecule has 2 rings (SSSR count). The van der Waals surface area contributed by atoms with E-state index in [1.807, 2.05) is 44.7 Å². The zero-order valence-corrected chi connectivity index (χ0v) is 14.0. The SMILES string of the molecule is CCN(C(=O)Cc1c(C)noc1C)[C@@H](C)c1ccc(C#N)cc1. The predicted octanol–water partition coefficient (Wildman–Crippen LogP) is 3.32. The number of rotatable bonds is 5. The molecule has 1 aromatic heterocycles. The summed E-state index contributed by atoms with van der Waals surface area (Å²) in [5.41, 5.74) is 3.25. The minimum atomic E-state index is -0.0549. The number of nitriles is 1. The van der Waals surface area contributed by atoms with Gasteiger partial charge in [0.15, 0.2) is 0 Å². The quantitative estimate of drug-likeness (QED) is 0.849. The normalized spacial score (nSPS) is 11.8. The molecule has 0 spiro atoms. The van der Waals surface area contributed by atoms with Crippen LogP contribution in [-0.2, 0) is 11.2 Å². The Balaban J connectivity index is 2.17. The number of likely N-dealkylation sites (N-methyl/N-ethyl adjacent to an activating group) is 1. The molecule has 120 valence electrons. The topological polar surface area (TPSA) is 70.1 Å². The second-order valence-electron chi connectivity index (χ2n) is 5.57. The molecule has 0 aliphatic carbocycles. The van der Waals surface area contributed by atoms with Crippen molar-refractivity contribution in [3.63, 3.8) is 0 Å². The van der Waals surface area contributed by atoms with Crippen molar-refractivity contribution in [1.29, 1.82) is 5.26 Å². The lowest BCUT2D eigenvalue weighted by Gasteiger charge is -2.28. The first-order valence-corrected chi connectivity index (χ1v) is 7.69. The Morgan fingerprint density at radius 1 is 1.35 bits per heavy atom. The Hall–Kier alpha value is -2.61. The summed E-state index contributed by atoms with van der Waals surface area (Å²) in [5.74, 6) is 0.733. The van der Waals surface area contributed by atoms with Gasteiger partial charge in [-0.25, -0.2) is 0 Å². The molecule has 5 nitrogen and oxygen atoms in total. The smallest absolute Gasteiger partial charge is 0.227 e. The number of nitrogens with zero attached hydrogens (tertiary/aromatic N) is 3. The molecule has 0 unspecified atom stereocenters. The van der Waals surface area contributed by atoms with Gasteiger partial charge >= 0.3 is 0 Å². The monoisotopic (exact) mass is 311 g/mol. The van der Waals surface area contributed by atoms with Gasteiger partial charge in [0.05, 0.1) is 29.8 Å². The van der Waals surface area contributed by atoms with E-state index in [1.54, 1.807) is 12.1 Å². The number of carbonyl (C=O) groups excluding carboxylic acids is 1. The van der Waals surface area contributed by atoms with Gasteiger partial charge in [-0.3, -0.25) is 4.79 Å². The fourth-order valence-corrected chi connectivity index (χ4v) is 2.69. The molecule has 0 aliphatic heterocycles. The summed E-state index contributed by atoms with van der Waals surface area (Å²) in [6.45, 7) is 8.24. The van der Waals surface area contributed by atoms with Crippen molar-refractivity contribution in [2.45, 2.75) is 40.2 Å². The number of benzene rings is 1. The van der Waals surface area contributed by atoms with Crippen molar-refractivity contribution < 1.29 is 9.32 Å². The molecule has 1 amide bonds. The number of amides is 1. The van der Waals surface area contributed by atoms with Crippen molar-refractivity contribution in [1.82, 2.24) is 10.1 Å². The van der Waals surface area contributed by atoms with Crippen LogP contribution in [0.15, 0.2) is 28.8 Å². The van der Waals surface area contributed by atoms with Gasteiger partial charge in [0.1, 0.15) is 5.76 Å². The third kappa shape index (κ3) is 3.59. The van der Waals surface area contributed by atoms with E-state index in [2.05, 4.69) is 11.2 Å². The van der Waals surface area contributed by atoms with E-state index in [0.29, 0.717) is 17.9 Å². The van der Waals surface area contributed by atoms with Crippen molar-refractivity contribution in [2.24, 2.45) is 0 Å². The number of carbonyl (C=O) groups is 1. The molecule has 0 saturated heterocycles. The van der Waals surface area contributed by atoms with E-state index in [4.69, 9.17) is 9.78 Å². The molecular formula is C18H21N3O2. The number of aromatic nitrogens is 1. The maximum Gasteiger partial charge on any atom is 0.227 e. The molecule has 0 bridgehead atoms. The van der Waals surface area contributed by atoms with Crippen LogP contribution in [0.5, 0.6) is 0 Å². The highest BCUT2D eigenvalue weighted by Gasteiger charge is 2.22. The van der Waals surface area contributed by atoms with Gasteiger partial charge in [-0.15, -0.1) is 0 Å². The average Bonchev–Trinajstić information content (AvgIpc) is 2.87. The summed E-state index contributed by atoms with van der Waals surface area (Å²) in [4.78, 5) is 14.5. The second kappa shape index (κ2) is 7.10. The van der Waals surface area contributed by atoms with Crippen LogP contribution in [0.4, 0.5) is 0 Å². The van der Waals surface area contributed by atoms with E-state index in [0.717, 1.165) is 16.8 Å². The second-order valence-corrected chi connectivity index (χ2v) is 5.57. The van der Waals surface area contributed by atoms with Gasteiger partial charge in [0.2, 0.25) is 5.91 Å². The maximum absolute atomic E-state index is 12.7. The summed E-state index contributed by atoms with van der Waals surface area (Å²) < 4.78 is 5.13. The first-order valence-electron chi connectivity index (χ1n) is 7.69. The molecule has 0 N–H and O–H groups in total. The summed E-state index contributed by atoms with van der Waals surface area (Å²) in [5, 5.41) is 12.8. The lowest BCUT2D eigenvalue weighted by atomic mass is 10.0. The lowest BCUT2D eigenvalue weighted by molar-refractivity contribution is -0.132. The highest BCUT2D eigenvalue weighted by molar-refractivity contribution is 5.79. The van der Waals surface area contributed by atoms with Gasteiger partial charge in [0.25, 0.3) is 0 Å². The van der Waals surface area contributed by atoms with E-state index in [-0.39, 0.29) is 18.4 Å². The minimum absolute atomic E-state index is 0.0405. The number of hydrogen-bond acceptors (Lipinski definition) is 4. The van der Waals surface area contributed by atoms with Crippen LogP contribution in [0.25, 0.3) is 0 Å². The third-order valence-electron chi connectivity index (χ3n) is 4.16. The lowest BCUT2D eigenvalue weighted by Crippen LogP contribution is -2.34. The predicted molar refractivity (Wildman–Crippen MR) is 86.6 cm³/mol. The van der Waals surface area contributed by atoms with Gasteiger partial charge in [0, 0.05) is 12.1 Å². The zero-order chi connectivity index (χ0) is 17.0. The van der Waals surface area contributed by atoms with Gasteiger partial charge in [-0.2, -0.15) is 5.26 Å². The van der Waals surface area contributed by atoms with Gasteiger partial charge in [-0.05, 0) is 45.4 Å². The summed E-state index contributed by atoms with van der Waals surface area (Å²) in [6, 6.07) is 9.40. The van der Waals surface area contributed by atoms with Crippen LogP contribution in [-0.4, -0.2) is 22.5 Å². The summed E-state index contributed by atoms with van der Waals surface area (Å²) in [6.07, 6.45) is 0.287. The fourth-order valence-electron chi connectivity index (χ4n) is 2.69. The van der Waals surface area contributed by atoms with Gasteiger partial charge in [-0.1, -0.05) is 17.3 Å². The van der Waals surface area contributed by atoms with Crippen molar-refractivity contribution in [2.75, 3.05) is 6.54 Å². The summed E-state index contributed by atoms with van der Waals surface area (Å²) in [7, 11) is 0. The molecule has 0 saturated carbocycles. The maximum atomic E-state index is 12.7. The average molecular weight is 311 g/mol. The summed E-state index contributed by atoms with van der Waals surface area (Å²) >= 11 is 0. The minimum Gasteiger partial charge on any atom is -0.361 e. The molecule has 1 aromatic carbocycles. The van der Waals surface area contributed by atoms with Crippen LogP contribution in [0.3, 0.4) is 0 Å². The Morgan fingerprint density at radius 3 is 2.48 bits per heavy atom. The molecule has 0 radical (unpaired) electrons. The largest absolute Gasteiger partial charge is 0.361 e. The van der Waals surface area contributed by atoms with E-state index >= 15 is 0 Å². The first-order chi connectivity index (χ1) is 11.0. The Labute approximate surface area is 136 Å². The van der Waals surface area contributed by atoms with Crippen LogP contribution >= 0.6 is 0 Å². The van der Waals surface area contributed by atoms with Crippen LogP contribution in [0.2, 0.25) is 0 Å². The van der Waals surface area contributed by atoms with Crippen molar-refractivity contribution >= 4 is 5.91 Å². The standard InChI is InChI=1S/C18H21N3O2/c1-5-21(13(3)16-8-6-15(11-19)7-9-16)18(22)10-17-12(2)20-23-14(17)4/h6-9,13H,5,10H2,1-4H3/t13-/m0/s1. The van der Waals surface area contributed by atoms with Crippen LogP contribution in [0.1, 0.15) is 48.0 Å². The molecule has 2 aromatic rings. The van der Waals surface area contributed by atoms with Gasteiger partial charge < -0.3 is 9.42 Å². The Bertz CT molecular complexity index is 706. The van der Waals surface area contributed by atoms with E-state index < -0.39 is 0 Å². The first kappa shape index (κ1) is 16.8. The highest BCUT2D eigenvalue weighted by Crippen LogP contribution is 2.22. The molecule has 1 heterocycles. The molecular weight excluding hydrogens is 290 g/mol. The fraction of sp³-hybridized carbons (Fsp3) is 0.389. The molecule has 23 heavy (non-hydrogen) atoms. The number of hydrogen-bond donors (Lipinski definition) is 0. The highest BCUT2D eigenvalue weighted by atomic mass is 16.5. The van der Waals surface area contributed by atoms with Crippen molar-refractivity contribution in [3.8, 4) is 6.07 Å². The van der Waals surface area contributed by atoms with Crippen LogP contribution < -0.4 is 0 Å².